The number of piperidine rings is 1. The van der Waals surface area contributed by atoms with Gasteiger partial charge in [-0.3, -0.25) is 0 Å². The van der Waals surface area contributed by atoms with Crippen molar-refractivity contribution >= 4 is 9.84 Å². The molecule has 2 saturated heterocycles. The molecule has 0 amide bonds. The molecule has 4 nitrogen and oxygen atoms in total. The maximum absolute atomic E-state index is 11.5. The molecule has 0 spiro atoms. The molecule has 0 aromatic rings. The van der Waals surface area contributed by atoms with Crippen molar-refractivity contribution in [3.63, 3.8) is 0 Å². The van der Waals surface area contributed by atoms with Gasteiger partial charge in [-0.25, -0.2) is 8.42 Å². The van der Waals surface area contributed by atoms with E-state index in [-0.39, 0.29) is 0 Å². The van der Waals surface area contributed by atoms with E-state index in [0.29, 0.717) is 29.4 Å². The number of hydrogen-bond donors (Lipinski definition) is 1. The molecule has 2 aliphatic rings. The molecule has 0 saturated carbocycles. The highest BCUT2D eigenvalue weighted by Gasteiger charge is 2.35. The SMILES string of the molecule is COCC1CC(C2CCS(=O)(=O)C2)CCN1. The summed E-state index contributed by atoms with van der Waals surface area (Å²) in [5.74, 6) is 1.78. The number of ether oxygens (including phenoxy) is 1. The first-order valence-corrected chi connectivity index (χ1v) is 7.85. The Bertz CT molecular complexity index is 326. The van der Waals surface area contributed by atoms with E-state index < -0.39 is 9.84 Å². The zero-order chi connectivity index (χ0) is 11.6. The van der Waals surface area contributed by atoms with Crippen LogP contribution in [0, 0.1) is 11.8 Å². The van der Waals surface area contributed by atoms with Gasteiger partial charge in [-0.05, 0) is 37.6 Å². The molecule has 0 radical (unpaired) electrons. The molecule has 2 fully saturated rings. The van der Waals surface area contributed by atoms with Crippen LogP contribution in [0.3, 0.4) is 0 Å². The number of nitrogens with one attached hydrogen (secondary N) is 1. The zero-order valence-electron chi connectivity index (χ0n) is 9.81. The standard InChI is InChI=1S/C11H21NO3S/c1-15-7-11-6-9(2-4-12-11)10-3-5-16(13,14)8-10/h9-12H,2-8H2,1H3. The monoisotopic (exact) mass is 247 g/mol. The third-order valence-electron chi connectivity index (χ3n) is 3.84. The van der Waals surface area contributed by atoms with Gasteiger partial charge in [0.05, 0.1) is 18.1 Å². The Hall–Kier alpha value is -0.130. The first kappa shape index (κ1) is 12.3. The van der Waals surface area contributed by atoms with E-state index in [1.807, 2.05) is 0 Å². The van der Waals surface area contributed by atoms with Crippen LogP contribution in [0.2, 0.25) is 0 Å². The van der Waals surface area contributed by atoms with E-state index in [1.165, 1.54) is 0 Å². The quantitative estimate of drug-likeness (QED) is 0.786. The molecule has 0 aromatic heterocycles. The highest BCUT2D eigenvalue weighted by molar-refractivity contribution is 7.91. The first-order valence-electron chi connectivity index (χ1n) is 6.03. The van der Waals surface area contributed by atoms with Gasteiger partial charge >= 0.3 is 0 Å². The maximum atomic E-state index is 11.5. The largest absolute Gasteiger partial charge is 0.383 e. The summed E-state index contributed by atoms with van der Waals surface area (Å²) in [5.41, 5.74) is 0. The molecule has 3 atom stereocenters. The highest BCUT2D eigenvalue weighted by atomic mass is 32.2. The number of hydrogen-bond acceptors (Lipinski definition) is 4. The molecular weight excluding hydrogens is 226 g/mol. The molecule has 2 heterocycles. The van der Waals surface area contributed by atoms with Crippen LogP contribution in [0.1, 0.15) is 19.3 Å². The van der Waals surface area contributed by atoms with Crippen molar-refractivity contribution in [1.82, 2.24) is 5.32 Å². The molecule has 2 aliphatic heterocycles. The first-order chi connectivity index (χ1) is 7.61. The van der Waals surface area contributed by atoms with Crippen molar-refractivity contribution in [2.45, 2.75) is 25.3 Å². The van der Waals surface area contributed by atoms with Crippen molar-refractivity contribution < 1.29 is 13.2 Å². The van der Waals surface area contributed by atoms with Crippen LogP contribution in [0.25, 0.3) is 0 Å². The van der Waals surface area contributed by atoms with E-state index in [2.05, 4.69) is 5.32 Å². The van der Waals surface area contributed by atoms with Crippen molar-refractivity contribution in [3.8, 4) is 0 Å². The van der Waals surface area contributed by atoms with Crippen molar-refractivity contribution in [1.29, 1.82) is 0 Å². The summed E-state index contributed by atoms with van der Waals surface area (Å²) >= 11 is 0. The second-order valence-corrected chi connectivity index (χ2v) is 7.28. The van der Waals surface area contributed by atoms with Gasteiger partial charge in [-0.2, -0.15) is 0 Å². The van der Waals surface area contributed by atoms with Gasteiger partial charge in [0, 0.05) is 13.2 Å². The summed E-state index contributed by atoms with van der Waals surface area (Å²) in [6.45, 7) is 1.73. The summed E-state index contributed by atoms with van der Waals surface area (Å²) in [4.78, 5) is 0. The van der Waals surface area contributed by atoms with Gasteiger partial charge in [0.25, 0.3) is 0 Å². The summed E-state index contributed by atoms with van der Waals surface area (Å²) in [6, 6.07) is 0.409. The fourth-order valence-electron chi connectivity index (χ4n) is 2.99. The maximum Gasteiger partial charge on any atom is 0.150 e. The Kier molecular flexibility index (Phi) is 3.87. The predicted molar refractivity (Wildman–Crippen MR) is 63.2 cm³/mol. The van der Waals surface area contributed by atoms with E-state index in [1.54, 1.807) is 7.11 Å². The smallest absolute Gasteiger partial charge is 0.150 e. The highest BCUT2D eigenvalue weighted by Crippen LogP contribution is 2.32. The summed E-state index contributed by atoms with van der Waals surface area (Å²) in [7, 11) is -1.01. The Morgan fingerprint density at radius 1 is 1.31 bits per heavy atom. The predicted octanol–water partition coefficient (Wildman–Crippen LogP) is 0.436. The molecule has 2 rings (SSSR count). The summed E-state index contributed by atoms with van der Waals surface area (Å²) < 4.78 is 28.1. The average molecular weight is 247 g/mol. The van der Waals surface area contributed by atoms with E-state index in [0.717, 1.165) is 32.4 Å². The lowest BCUT2D eigenvalue weighted by atomic mass is 9.82. The topological polar surface area (TPSA) is 55.4 Å². The molecule has 1 N–H and O–H groups in total. The van der Waals surface area contributed by atoms with Crippen LogP contribution >= 0.6 is 0 Å². The third kappa shape index (κ3) is 2.96. The Balaban J connectivity index is 1.90. The molecule has 3 unspecified atom stereocenters. The van der Waals surface area contributed by atoms with Crippen molar-refractivity contribution in [2.75, 3.05) is 31.8 Å². The van der Waals surface area contributed by atoms with Crippen LogP contribution < -0.4 is 5.32 Å². The van der Waals surface area contributed by atoms with E-state index in [9.17, 15) is 8.42 Å². The van der Waals surface area contributed by atoms with E-state index >= 15 is 0 Å². The van der Waals surface area contributed by atoms with E-state index in [4.69, 9.17) is 4.74 Å². The van der Waals surface area contributed by atoms with Crippen molar-refractivity contribution in [2.24, 2.45) is 11.8 Å². The number of rotatable bonds is 3. The summed E-state index contributed by atoms with van der Waals surface area (Å²) in [6.07, 6.45) is 3.04. The lowest BCUT2D eigenvalue weighted by Gasteiger charge is -2.33. The van der Waals surface area contributed by atoms with Gasteiger partial charge in [-0.1, -0.05) is 0 Å². The normalized spacial score (nSPS) is 38.7. The lowest BCUT2D eigenvalue weighted by Crippen LogP contribution is -2.42. The molecule has 0 bridgehead atoms. The Morgan fingerprint density at radius 3 is 2.75 bits per heavy atom. The fraction of sp³-hybridized carbons (Fsp3) is 1.00. The molecule has 0 aliphatic carbocycles. The minimum atomic E-state index is -2.73. The van der Waals surface area contributed by atoms with Gasteiger partial charge in [0.15, 0.2) is 9.84 Å². The average Bonchev–Trinajstić information content (AvgIpc) is 2.60. The van der Waals surface area contributed by atoms with Gasteiger partial charge in [-0.15, -0.1) is 0 Å². The number of sulfone groups is 1. The second-order valence-electron chi connectivity index (χ2n) is 5.05. The van der Waals surface area contributed by atoms with Gasteiger partial charge < -0.3 is 10.1 Å². The second kappa shape index (κ2) is 5.02. The van der Waals surface area contributed by atoms with Crippen molar-refractivity contribution in [3.05, 3.63) is 0 Å². The molecule has 94 valence electrons. The molecule has 5 heteroatoms. The summed E-state index contributed by atoms with van der Waals surface area (Å²) in [5, 5.41) is 3.42. The fourth-order valence-corrected chi connectivity index (χ4v) is 4.91. The van der Waals surface area contributed by atoms with Gasteiger partial charge in [0.2, 0.25) is 0 Å². The van der Waals surface area contributed by atoms with Crippen LogP contribution in [0.5, 0.6) is 0 Å². The van der Waals surface area contributed by atoms with Crippen LogP contribution in [-0.2, 0) is 14.6 Å². The lowest BCUT2D eigenvalue weighted by molar-refractivity contribution is 0.127. The zero-order valence-corrected chi connectivity index (χ0v) is 10.6. The minimum absolute atomic E-state index is 0.395. The Labute approximate surface area is 97.7 Å². The molecule has 0 aromatic carbocycles. The molecule has 16 heavy (non-hydrogen) atoms. The van der Waals surface area contributed by atoms with Crippen LogP contribution in [0.4, 0.5) is 0 Å². The Morgan fingerprint density at radius 2 is 2.12 bits per heavy atom. The molecular formula is C11H21NO3S. The minimum Gasteiger partial charge on any atom is -0.383 e. The third-order valence-corrected chi connectivity index (χ3v) is 5.63. The number of methoxy groups -OCH3 is 1. The van der Waals surface area contributed by atoms with Gasteiger partial charge in [0.1, 0.15) is 0 Å². The van der Waals surface area contributed by atoms with Crippen LogP contribution in [0.15, 0.2) is 0 Å². The van der Waals surface area contributed by atoms with Crippen LogP contribution in [-0.4, -0.2) is 46.2 Å².